The summed E-state index contributed by atoms with van der Waals surface area (Å²) in [6, 6.07) is 20.0. The van der Waals surface area contributed by atoms with Gasteiger partial charge in [-0.05, 0) is 12.1 Å². The van der Waals surface area contributed by atoms with Gasteiger partial charge in [0.05, 0.1) is 16.2 Å². The molecular weight excluding hydrogens is 430 g/mol. The van der Waals surface area contributed by atoms with E-state index in [1.54, 1.807) is 60.7 Å². The lowest BCUT2D eigenvalue weighted by Crippen LogP contribution is -2.20. The second-order valence-electron chi connectivity index (χ2n) is 7.25. The van der Waals surface area contributed by atoms with Crippen molar-refractivity contribution in [2.24, 2.45) is 0 Å². The molecule has 162 valence electrons. The maximum absolute atomic E-state index is 14.9. The van der Waals surface area contributed by atoms with E-state index in [1.807, 2.05) is 0 Å². The number of hydrogen-bond acceptors (Lipinski definition) is 4. The third-order valence-electron chi connectivity index (χ3n) is 5.25. The van der Waals surface area contributed by atoms with Crippen LogP contribution in [-0.2, 0) is 0 Å². The molecule has 0 bridgehead atoms. The number of benzene rings is 3. The van der Waals surface area contributed by atoms with Crippen LogP contribution in [0.4, 0.5) is 14.5 Å². The Balaban J connectivity index is 1.95. The third kappa shape index (κ3) is 3.35. The summed E-state index contributed by atoms with van der Waals surface area (Å²) in [5, 5.41) is 14.7. The molecule has 5 aromatic rings. The van der Waals surface area contributed by atoms with Gasteiger partial charge in [0.15, 0.2) is 11.3 Å². The predicted molar refractivity (Wildman–Crippen MR) is 119 cm³/mol. The van der Waals surface area contributed by atoms with Crippen molar-refractivity contribution in [3.05, 3.63) is 111 Å². The molecule has 1 N–H and O–H groups in total. The fraction of sp³-hybridized carbons (Fsp3) is 0. The van der Waals surface area contributed by atoms with Gasteiger partial charge in [-0.2, -0.15) is 4.52 Å². The molecule has 0 fully saturated rings. The van der Waals surface area contributed by atoms with Crippen LogP contribution >= 0.6 is 0 Å². The number of rotatable bonds is 4. The summed E-state index contributed by atoms with van der Waals surface area (Å²) in [7, 11) is 0. The second-order valence-corrected chi connectivity index (χ2v) is 7.25. The number of H-pyrrole nitrogens is 1. The molecule has 0 spiro atoms. The minimum absolute atomic E-state index is 0.00577. The highest BCUT2D eigenvalue weighted by molar-refractivity contribution is 5.91. The minimum Gasteiger partial charge on any atom is -0.288 e. The minimum atomic E-state index is -0.949. The van der Waals surface area contributed by atoms with Crippen molar-refractivity contribution in [2.45, 2.75) is 0 Å². The molecule has 0 saturated heterocycles. The topological polar surface area (TPSA) is 93.3 Å². The highest BCUT2D eigenvalue weighted by Crippen LogP contribution is 2.37. The van der Waals surface area contributed by atoms with Crippen LogP contribution in [0.3, 0.4) is 0 Å². The normalized spacial score (nSPS) is 11.1. The molecule has 0 unspecified atom stereocenters. The van der Waals surface area contributed by atoms with Crippen LogP contribution in [0.1, 0.15) is 0 Å². The van der Waals surface area contributed by atoms with Crippen molar-refractivity contribution in [1.82, 2.24) is 14.6 Å². The second kappa shape index (κ2) is 7.79. The molecule has 7 nitrogen and oxygen atoms in total. The van der Waals surface area contributed by atoms with E-state index in [4.69, 9.17) is 0 Å². The van der Waals surface area contributed by atoms with Crippen LogP contribution in [-0.4, -0.2) is 19.5 Å². The highest BCUT2D eigenvalue weighted by atomic mass is 19.1. The van der Waals surface area contributed by atoms with Crippen LogP contribution in [0.2, 0.25) is 0 Å². The zero-order chi connectivity index (χ0) is 23.1. The van der Waals surface area contributed by atoms with Gasteiger partial charge in [-0.3, -0.25) is 20.0 Å². The van der Waals surface area contributed by atoms with E-state index < -0.39 is 27.8 Å². The summed E-state index contributed by atoms with van der Waals surface area (Å²) in [5.74, 6) is -1.62. The Labute approximate surface area is 184 Å². The number of nitro groups is 1. The third-order valence-corrected chi connectivity index (χ3v) is 5.25. The number of nitrogens with zero attached hydrogens (tertiary/aromatic N) is 3. The largest absolute Gasteiger partial charge is 0.361 e. The quantitative estimate of drug-likeness (QED) is 0.304. The summed E-state index contributed by atoms with van der Waals surface area (Å²) in [6.07, 6.45) is 0. The van der Waals surface area contributed by atoms with Crippen LogP contribution in [0.5, 0.6) is 0 Å². The van der Waals surface area contributed by atoms with E-state index in [1.165, 1.54) is 6.07 Å². The van der Waals surface area contributed by atoms with Crippen molar-refractivity contribution in [1.29, 1.82) is 0 Å². The SMILES string of the molecule is O=c1c([N+](=O)[O-])c(-c2ccccc2)nc2c(-c3ccc(F)cc3F)c(-c3ccccc3)[nH]n12. The molecule has 0 saturated carbocycles. The lowest BCUT2D eigenvalue weighted by molar-refractivity contribution is -0.385. The first kappa shape index (κ1) is 20.3. The fourth-order valence-electron chi connectivity index (χ4n) is 3.79. The van der Waals surface area contributed by atoms with Crippen molar-refractivity contribution in [3.8, 4) is 33.6 Å². The summed E-state index contributed by atoms with van der Waals surface area (Å²) >= 11 is 0. The molecule has 9 heteroatoms. The Hall–Kier alpha value is -4.66. The van der Waals surface area contributed by atoms with Gasteiger partial charge in [-0.25, -0.2) is 13.8 Å². The molecule has 3 aromatic carbocycles. The average Bonchev–Trinajstić information content (AvgIpc) is 3.19. The Bertz CT molecular complexity index is 1580. The predicted octanol–water partition coefficient (Wildman–Crippen LogP) is 5.21. The Morgan fingerprint density at radius 1 is 0.909 bits per heavy atom. The number of hydrogen-bond donors (Lipinski definition) is 1. The summed E-state index contributed by atoms with van der Waals surface area (Å²) in [4.78, 5) is 28.7. The van der Waals surface area contributed by atoms with E-state index in [2.05, 4.69) is 10.1 Å². The van der Waals surface area contributed by atoms with E-state index in [-0.39, 0.29) is 22.5 Å². The van der Waals surface area contributed by atoms with Gasteiger partial charge >= 0.3 is 11.2 Å². The first-order chi connectivity index (χ1) is 16.0. The average molecular weight is 444 g/mol. The van der Waals surface area contributed by atoms with Crippen LogP contribution in [0, 0.1) is 21.7 Å². The molecule has 2 heterocycles. The van der Waals surface area contributed by atoms with Gasteiger partial charge < -0.3 is 0 Å². The molecule has 5 rings (SSSR count). The van der Waals surface area contributed by atoms with E-state index >= 15 is 0 Å². The first-order valence-electron chi connectivity index (χ1n) is 9.85. The number of aromatic nitrogens is 3. The van der Waals surface area contributed by atoms with E-state index in [9.17, 15) is 23.7 Å². The zero-order valence-corrected chi connectivity index (χ0v) is 16.8. The Morgan fingerprint density at radius 2 is 1.55 bits per heavy atom. The smallest absolute Gasteiger partial charge is 0.288 e. The van der Waals surface area contributed by atoms with Crippen molar-refractivity contribution >= 4 is 11.3 Å². The molecule has 0 atom stereocenters. The van der Waals surface area contributed by atoms with Gasteiger partial charge in [-0.15, -0.1) is 0 Å². The molecule has 0 aliphatic carbocycles. The van der Waals surface area contributed by atoms with Gasteiger partial charge in [0.25, 0.3) is 0 Å². The van der Waals surface area contributed by atoms with Gasteiger partial charge in [-0.1, -0.05) is 60.7 Å². The van der Waals surface area contributed by atoms with Crippen molar-refractivity contribution < 1.29 is 13.7 Å². The summed E-state index contributed by atoms with van der Waals surface area (Å²) < 4.78 is 29.4. The molecular formula is C24H14F2N4O3. The lowest BCUT2D eigenvalue weighted by Gasteiger charge is -2.07. The van der Waals surface area contributed by atoms with E-state index in [0.717, 1.165) is 16.6 Å². The highest BCUT2D eigenvalue weighted by Gasteiger charge is 2.29. The van der Waals surface area contributed by atoms with Gasteiger partial charge in [0, 0.05) is 22.8 Å². The molecule has 0 aliphatic rings. The maximum atomic E-state index is 14.9. The molecule has 0 amide bonds. The number of aromatic amines is 1. The monoisotopic (exact) mass is 444 g/mol. The Kier molecular flexibility index (Phi) is 4.78. The van der Waals surface area contributed by atoms with E-state index in [0.29, 0.717) is 16.8 Å². The number of nitrogens with one attached hydrogen (secondary N) is 1. The van der Waals surface area contributed by atoms with Crippen LogP contribution in [0.15, 0.2) is 83.7 Å². The number of fused-ring (bicyclic) bond motifs is 1. The molecule has 0 radical (unpaired) electrons. The fourth-order valence-corrected chi connectivity index (χ4v) is 3.79. The maximum Gasteiger partial charge on any atom is 0.361 e. The van der Waals surface area contributed by atoms with Crippen LogP contribution in [0.25, 0.3) is 39.3 Å². The van der Waals surface area contributed by atoms with Crippen molar-refractivity contribution in [3.63, 3.8) is 0 Å². The van der Waals surface area contributed by atoms with Gasteiger partial charge in [0.2, 0.25) is 0 Å². The molecule has 2 aromatic heterocycles. The van der Waals surface area contributed by atoms with Gasteiger partial charge in [0.1, 0.15) is 11.6 Å². The number of halogens is 2. The molecule has 33 heavy (non-hydrogen) atoms. The Morgan fingerprint density at radius 3 is 2.15 bits per heavy atom. The first-order valence-corrected chi connectivity index (χ1v) is 9.85. The lowest BCUT2D eigenvalue weighted by atomic mass is 10.0. The zero-order valence-electron chi connectivity index (χ0n) is 16.8. The summed E-state index contributed by atoms with van der Waals surface area (Å²) in [5.41, 5.74) is -0.397. The summed E-state index contributed by atoms with van der Waals surface area (Å²) in [6.45, 7) is 0. The van der Waals surface area contributed by atoms with Crippen LogP contribution < -0.4 is 5.56 Å². The molecule has 0 aliphatic heterocycles. The van der Waals surface area contributed by atoms with Crippen molar-refractivity contribution in [2.75, 3.05) is 0 Å². The standard InChI is InChI=1S/C24H14F2N4O3/c25-16-11-12-17(18(26)13-16)19-20(14-7-3-1-4-8-14)28-29-23(19)27-21(15-9-5-2-6-10-15)22(24(29)31)30(32)33/h1-13,28H.